The molecule has 2 aromatic heterocycles. The Bertz CT molecular complexity index is 1450. The second kappa shape index (κ2) is 8.44. The number of pyridine rings is 1. The summed E-state index contributed by atoms with van der Waals surface area (Å²) in [6.07, 6.45) is -0.134. The largest absolute Gasteiger partial charge is 0.328 e. The average Bonchev–Trinajstić information content (AvgIpc) is 3.01. The molecule has 1 aromatic carbocycles. The van der Waals surface area contributed by atoms with E-state index in [2.05, 4.69) is 15.9 Å². The van der Waals surface area contributed by atoms with Crippen molar-refractivity contribution in [3.8, 4) is 0 Å². The van der Waals surface area contributed by atoms with Crippen molar-refractivity contribution >= 4 is 48.3 Å². The molecule has 11 heteroatoms. The Kier molecular flexibility index (Phi) is 5.83. The van der Waals surface area contributed by atoms with Crippen LogP contribution in [0.25, 0.3) is 11.0 Å². The van der Waals surface area contributed by atoms with Crippen molar-refractivity contribution in [2.75, 3.05) is 23.0 Å². The van der Waals surface area contributed by atoms with E-state index in [9.17, 15) is 22.0 Å². The van der Waals surface area contributed by atoms with Crippen LogP contribution in [0.15, 0.2) is 27.5 Å². The normalized spacial score (nSPS) is 18.6. The number of anilines is 2. The molecule has 182 valence electrons. The third-order valence-corrected chi connectivity index (χ3v) is 9.43. The molecule has 0 aliphatic carbocycles. The van der Waals surface area contributed by atoms with Crippen LogP contribution in [0.5, 0.6) is 0 Å². The van der Waals surface area contributed by atoms with Gasteiger partial charge in [0.05, 0.1) is 28.2 Å². The molecule has 0 N–H and O–H groups in total. The number of aromatic nitrogens is 3. The van der Waals surface area contributed by atoms with E-state index in [1.54, 1.807) is 29.3 Å². The number of rotatable bonds is 3. The van der Waals surface area contributed by atoms with Crippen LogP contribution in [0.4, 0.5) is 20.3 Å². The molecule has 1 saturated heterocycles. The summed E-state index contributed by atoms with van der Waals surface area (Å²) in [4.78, 5) is 19.7. The Labute approximate surface area is 204 Å². The fraction of sp³-hybridized carbons (Fsp3) is 0.478. The van der Waals surface area contributed by atoms with Crippen LogP contribution in [0.1, 0.15) is 48.4 Å². The van der Waals surface area contributed by atoms with Gasteiger partial charge in [0.1, 0.15) is 15.7 Å². The quantitative estimate of drug-likeness (QED) is 0.481. The monoisotopic (exact) mass is 554 g/mol. The van der Waals surface area contributed by atoms with Gasteiger partial charge in [-0.1, -0.05) is 15.9 Å². The molecule has 0 atom stereocenters. The van der Waals surface area contributed by atoms with Crippen molar-refractivity contribution in [1.82, 2.24) is 14.1 Å². The number of hydrogen-bond acceptors (Lipinski definition) is 5. The molecule has 0 saturated carbocycles. The second-order valence-corrected chi connectivity index (χ2v) is 12.3. The Morgan fingerprint density at radius 1 is 1.12 bits per heavy atom. The minimum Gasteiger partial charge on any atom is -0.326 e. The number of halogens is 3. The van der Waals surface area contributed by atoms with Gasteiger partial charge in [0, 0.05) is 48.3 Å². The van der Waals surface area contributed by atoms with E-state index in [4.69, 9.17) is 4.98 Å². The van der Waals surface area contributed by atoms with Gasteiger partial charge in [-0.05, 0) is 43.4 Å². The number of aryl methyl sites for hydroxylation is 3. The van der Waals surface area contributed by atoms with Crippen molar-refractivity contribution in [3.63, 3.8) is 0 Å². The Morgan fingerprint density at radius 3 is 2.50 bits per heavy atom. The third-order valence-electron chi connectivity index (χ3n) is 7.03. The highest BCUT2D eigenvalue weighted by Gasteiger charge is 2.31. The number of fused-ring (bicyclic) bond motifs is 2. The first kappa shape index (κ1) is 23.5. The molecule has 4 heterocycles. The minimum absolute atomic E-state index is 0.0726. The number of imidazole rings is 1. The van der Waals surface area contributed by atoms with Crippen LogP contribution in [0, 0.1) is 0 Å². The van der Waals surface area contributed by atoms with Crippen molar-refractivity contribution in [1.29, 1.82) is 0 Å². The smallest absolute Gasteiger partial charge is 0.326 e. The van der Waals surface area contributed by atoms with E-state index in [1.807, 2.05) is 11.0 Å². The fourth-order valence-corrected chi connectivity index (χ4v) is 7.22. The standard InChI is InChI=1S/C23H25BrF2N4O3S/c1-28-18-12-19(30-7-3-4-14-10-16(24)15(22(25)26)11-17(14)30)27-20(21(18)29(2)23(28)31)13-5-8-34(32,33)9-6-13/h10-13,22H,3-9H2,1-2H3. The zero-order valence-corrected chi connectivity index (χ0v) is 21.3. The molecule has 2 aliphatic rings. The maximum Gasteiger partial charge on any atom is 0.328 e. The second-order valence-electron chi connectivity index (χ2n) is 9.12. The highest BCUT2D eigenvalue weighted by molar-refractivity contribution is 9.10. The zero-order chi connectivity index (χ0) is 24.4. The Morgan fingerprint density at radius 2 is 1.82 bits per heavy atom. The topological polar surface area (TPSA) is 77.2 Å². The number of benzene rings is 1. The van der Waals surface area contributed by atoms with Crippen LogP contribution < -0.4 is 10.6 Å². The van der Waals surface area contributed by atoms with Crippen LogP contribution in [0.2, 0.25) is 0 Å². The van der Waals surface area contributed by atoms with Crippen molar-refractivity contribution < 1.29 is 17.2 Å². The predicted molar refractivity (Wildman–Crippen MR) is 131 cm³/mol. The summed E-state index contributed by atoms with van der Waals surface area (Å²) >= 11 is 3.27. The lowest BCUT2D eigenvalue weighted by Gasteiger charge is -2.32. The lowest BCUT2D eigenvalue weighted by atomic mass is 9.96. The molecule has 7 nitrogen and oxygen atoms in total. The van der Waals surface area contributed by atoms with E-state index in [0.29, 0.717) is 52.1 Å². The van der Waals surface area contributed by atoms with E-state index in [0.717, 1.165) is 18.4 Å². The van der Waals surface area contributed by atoms with Gasteiger partial charge in [-0.2, -0.15) is 0 Å². The zero-order valence-electron chi connectivity index (χ0n) is 18.9. The molecule has 0 radical (unpaired) electrons. The fourth-order valence-electron chi connectivity index (χ4n) is 5.16. The minimum atomic E-state index is -3.07. The number of nitrogens with zero attached hydrogens (tertiary/aromatic N) is 4. The first-order valence-electron chi connectivity index (χ1n) is 11.2. The van der Waals surface area contributed by atoms with E-state index in [-0.39, 0.29) is 28.7 Å². The molecular weight excluding hydrogens is 530 g/mol. The van der Waals surface area contributed by atoms with Gasteiger partial charge in [0.15, 0.2) is 0 Å². The molecular formula is C23H25BrF2N4O3S. The van der Waals surface area contributed by atoms with Crippen molar-refractivity contribution in [3.05, 3.63) is 50.0 Å². The van der Waals surface area contributed by atoms with Crippen LogP contribution in [-0.2, 0) is 30.4 Å². The summed E-state index contributed by atoms with van der Waals surface area (Å²) in [5.41, 5.74) is 3.46. The number of hydrogen-bond donors (Lipinski definition) is 0. The average molecular weight is 555 g/mol. The molecule has 2 aliphatic heterocycles. The highest BCUT2D eigenvalue weighted by atomic mass is 79.9. The summed E-state index contributed by atoms with van der Waals surface area (Å²) in [7, 11) is 0.321. The first-order chi connectivity index (χ1) is 16.1. The molecule has 3 aromatic rings. The van der Waals surface area contributed by atoms with Gasteiger partial charge in [0.25, 0.3) is 6.43 Å². The van der Waals surface area contributed by atoms with E-state index < -0.39 is 16.3 Å². The van der Waals surface area contributed by atoms with Gasteiger partial charge in [0.2, 0.25) is 0 Å². The SMILES string of the molecule is Cn1c(=O)n(C)c2c(C3CCS(=O)(=O)CC3)nc(N3CCCc4cc(Br)c(C(F)F)cc43)cc21. The van der Waals surface area contributed by atoms with Gasteiger partial charge in [-0.15, -0.1) is 0 Å². The van der Waals surface area contributed by atoms with E-state index in [1.165, 1.54) is 6.07 Å². The summed E-state index contributed by atoms with van der Waals surface area (Å²) in [5.74, 6) is 0.652. The highest BCUT2D eigenvalue weighted by Crippen LogP contribution is 2.41. The van der Waals surface area contributed by atoms with Crippen LogP contribution >= 0.6 is 15.9 Å². The third kappa shape index (κ3) is 3.86. The molecule has 0 amide bonds. The van der Waals surface area contributed by atoms with Gasteiger partial charge >= 0.3 is 5.69 Å². The van der Waals surface area contributed by atoms with Crippen molar-refractivity contribution in [2.24, 2.45) is 14.1 Å². The van der Waals surface area contributed by atoms with Crippen LogP contribution in [-0.4, -0.2) is 40.6 Å². The molecule has 0 unspecified atom stereocenters. The van der Waals surface area contributed by atoms with Gasteiger partial charge in [-0.3, -0.25) is 9.13 Å². The van der Waals surface area contributed by atoms with Gasteiger partial charge in [-0.25, -0.2) is 27.0 Å². The number of sulfone groups is 1. The Hall–Kier alpha value is -2.27. The predicted octanol–water partition coefficient (Wildman–Crippen LogP) is 4.35. The summed E-state index contributed by atoms with van der Waals surface area (Å²) in [6, 6.07) is 5.11. The maximum atomic E-state index is 13.7. The molecule has 0 spiro atoms. The number of alkyl halides is 2. The van der Waals surface area contributed by atoms with Crippen LogP contribution in [0.3, 0.4) is 0 Å². The summed E-state index contributed by atoms with van der Waals surface area (Å²) in [6.45, 7) is 0.606. The molecule has 1 fully saturated rings. The van der Waals surface area contributed by atoms with E-state index >= 15 is 0 Å². The first-order valence-corrected chi connectivity index (χ1v) is 13.8. The molecule has 5 rings (SSSR count). The Balaban J connectivity index is 1.70. The molecule has 0 bridgehead atoms. The molecule has 34 heavy (non-hydrogen) atoms. The lowest BCUT2D eigenvalue weighted by Crippen LogP contribution is -2.27. The summed E-state index contributed by atoms with van der Waals surface area (Å²) in [5, 5.41) is 0. The lowest BCUT2D eigenvalue weighted by molar-refractivity contribution is 0.150. The summed E-state index contributed by atoms with van der Waals surface area (Å²) < 4.78 is 54.9. The van der Waals surface area contributed by atoms with Gasteiger partial charge < -0.3 is 4.90 Å². The van der Waals surface area contributed by atoms with Crippen molar-refractivity contribution in [2.45, 2.75) is 38.0 Å². The maximum absolute atomic E-state index is 13.7.